The van der Waals surface area contributed by atoms with Gasteiger partial charge in [-0.3, -0.25) is 9.59 Å². The van der Waals surface area contributed by atoms with Gasteiger partial charge in [-0.05, 0) is 88.0 Å². The molecular formula is C28H40O2. The Morgan fingerprint density at radius 2 is 1.50 bits per heavy atom. The van der Waals surface area contributed by atoms with Crippen molar-refractivity contribution in [3.05, 3.63) is 48.1 Å². The number of fused-ring (bicyclic) bond motifs is 1. The third-order valence-electron chi connectivity index (χ3n) is 7.54. The highest BCUT2D eigenvalue weighted by molar-refractivity contribution is 5.95. The molecule has 0 N–H and O–H groups in total. The molecule has 0 saturated heterocycles. The van der Waals surface area contributed by atoms with E-state index in [-0.39, 0.29) is 0 Å². The number of allylic oxidation sites excluding steroid dienone is 6. The highest BCUT2D eigenvalue weighted by Gasteiger charge is 2.31. The van der Waals surface area contributed by atoms with Gasteiger partial charge in [-0.25, -0.2) is 0 Å². The fraction of sp³-hybridized carbons (Fsp3) is 0.643. The lowest BCUT2D eigenvalue weighted by Gasteiger charge is -2.24. The van der Waals surface area contributed by atoms with Crippen LogP contribution >= 0.6 is 0 Å². The molecule has 0 radical (unpaired) electrons. The molecule has 0 aromatic heterocycles. The SMILES string of the molecule is C=CCCC(=O)C1=CC2CCCCC2C1.C=CCCC(=O)C1CC2=C(CCCC2)C1. The van der Waals surface area contributed by atoms with Crippen LogP contribution < -0.4 is 0 Å². The number of carbonyl (C=O) groups is 2. The minimum atomic E-state index is 0.327. The summed E-state index contributed by atoms with van der Waals surface area (Å²) in [5.41, 5.74) is 4.37. The number of rotatable bonds is 8. The Kier molecular flexibility index (Phi) is 8.90. The van der Waals surface area contributed by atoms with Gasteiger partial charge in [0.1, 0.15) is 5.78 Å². The maximum Gasteiger partial charge on any atom is 0.158 e. The zero-order valence-corrected chi connectivity index (χ0v) is 18.8. The Hall–Kier alpha value is -1.70. The Morgan fingerprint density at radius 1 is 0.867 bits per heavy atom. The van der Waals surface area contributed by atoms with Crippen molar-refractivity contribution in [3.63, 3.8) is 0 Å². The Balaban J connectivity index is 0.000000171. The molecule has 2 heteroatoms. The first kappa shape index (κ1) is 23.0. The van der Waals surface area contributed by atoms with Crippen molar-refractivity contribution in [2.45, 2.75) is 96.3 Å². The van der Waals surface area contributed by atoms with Crippen LogP contribution in [0.15, 0.2) is 48.1 Å². The molecule has 1 saturated carbocycles. The smallest absolute Gasteiger partial charge is 0.158 e. The van der Waals surface area contributed by atoms with Gasteiger partial charge < -0.3 is 0 Å². The summed E-state index contributed by atoms with van der Waals surface area (Å²) in [6, 6.07) is 0. The van der Waals surface area contributed by atoms with Crippen LogP contribution in [0.1, 0.15) is 96.3 Å². The van der Waals surface area contributed by atoms with Crippen molar-refractivity contribution in [1.82, 2.24) is 0 Å². The molecule has 30 heavy (non-hydrogen) atoms. The summed E-state index contributed by atoms with van der Waals surface area (Å²) in [5, 5.41) is 0. The predicted octanol–water partition coefficient (Wildman–Crippen LogP) is 7.46. The quantitative estimate of drug-likeness (QED) is 0.391. The van der Waals surface area contributed by atoms with Crippen LogP contribution in [-0.2, 0) is 9.59 Å². The van der Waals surface area contributed by atoms with Crippen LogP contribution in [0.5, 0.6) is 0 Å². The minimum Gasteiger partial charge on any atom is -0.299 e. The van der Waals surface area contributed by atoms with E-state index < -0.39 is 0 Å². The van der Waals surface area contributed by atoms with Gasteiger partial charge in [-0.15, -0.1) is 13.2 Å². The van der Waals surface area contributed by atoms with Crippen LogP contribution in [-0.4, -0.2) is 11.6 Å². The lowest BCUT2D eigenvalue weighted by molar-refractivity contribution is -0.122. The van der Waals surface area contributed by atoms with E-state index in [1.54, 1.807) is 11.1 Å². The maximum atomic E-state index is 11.9. The molecule has 2 unspecified atom stereocenters. The average molecular weight is 409 g/mol. The first-order valence-corrected chi connectivity index (χ1v) is 12.3. The molecule has 1 fully saturated rings. The van der Waals surface area contributed by atoms with Crippen molar-refractivity contribution >= 4 is 11.6 Å². The Labute approximate surface area is 183 Å². The molecule has 2 nitrogen and oxygen atoms in total. The Bertz CT molecular complexity index is 690. The first-order chi connectivity index (χ1) is 14.6. The van der Waals surface area contributed by atoms with E-state index >= 15 is 0 Å². The van der Waals surface area contributed by atoms with E-state index in [1.165, 1.54) is 51.4 Å². The van der Waals surface area contributed by atoms with E-state index in [0.717, 1.165) is 49.5 Å². The summed E-state index contributed by atoms with van der Waals surface area (Å²) in [6.07, 6.45) is 22.8. The average Bonchev–Trinajstić information content (AvgIpc) is 3.40. The normalized spacial score (nSPS) is 25.5. The van der Waals surface area contributed by atoms with Crippen LogP contribution in [0.2, 0.25) is 0 Å². The van der Waals surface area contributed by atoms with Crippen molar-refractivity contribution < 1.29 is 9.59 Å². The summed E-state index contributed by atoms with van der Waals surface area (Å²) >= 11 is 0. The summed E-state index contributed by atoms with van der Waals surface area (Å²) in [6.45, 7) is 7.33. The number of carbonyl (C=O) groups excluding carboxylic acids is 2. The van der Waals surface area contributed by atoms with E-state index in [4.69, 9.17) is 0 Å². The molecule has 4 aliphatic carbocycles. The second-order valence-electron chi connectivity index (χ2n) is 9.67. The maximum absolute atomic E-state index is 11.9. The molecule has 0 aliphatic heterocycles. The fourth-order valence-corrected chi connectivity index (χ4v) is 5.78. The van der Waals surface area contributed by atoms with Crippen molar-refractivity contribution in [3.8, 4) is 0 Å². The van der Waals surface area contributed by atoms with E-state index in [2.05, 4.69) is 19.2 Å². The predicted molar refractivity (Wildman–Crippen MR) is 125 cm³/mol. The minimum absolute atomic E-state index is 0.327. The summed E-state index contributed by atoms with van der Waals surface area (Å²) < 4.78 is 0. The lowest BCUT2D eigenvalue weighted by Crippen LogP contribution is -2.13. The molecule has 0 spiro atoms. The molecule has 0 amide bonds. The second-order valence-corrected chi connectivity index (χ2v) is 9.67. The monoisotopic (exact) mass is 408 g/mol. The second kappa shape index (κ2) is 11.6. The Morgan fingerprint density at radius 3 is 2.13 bits per heavy atom. The standard InChI is InChI=1S/2C14H20O/c2*1-2-3-8-14(15)13-9-11-6-4-5-7-12(11)10-13/h2,13H,1,3-10H2;2,9,11-12H,1,3-8,10H2. The van der Waals surface area contributed by atoms with Crippen molar-refractivity contribution in [2.75, 3.05) is 0 Å². The summed E-state index contributed by atoms with van der Waals surface area (Å²) in [4.78, 5) is 23.7. The largest absolute Gasteiger partial charge is 0.299 e. The molecule has 0 heterocycles. The lowest BCUT2D eigenvalue weighted by atomic mass is 9.81. The van der Waals surface area contributed by atoms with Gasteiger partial charge in [-0.2, -0.15) is 0 Å². The molecule has 4 rings (SSSR count). The molecular weight excluding hydrogens is 368 g/mol. The molecule has 0 aromatic rings. The fourth-order valence-electron chi connectivity index (χ4n) is 5.78. The van der Waals surface area contributed by atoms with Crippen molar-refractivity contribution in [1.29, 1.82) is 0 Å². The van der Waals surface area contributed by atoms with Gasteiger partial charge in [-0.1, -0.05) is 42.2 Å². The molecule has 0 aromatic carbocycles. The summed E-state index contributed by atoms with van der Waals surface area (Å²) in [7, 11) is 0. The van der Waals surface area contributed by atoms with E-state index in [0.29, 0.717) is 30.3 Å². The third-order valence-corrected chi connectivity index (χ3v) is 7.54. The molecule has 2 atom stereocenters. The van der Waals surface area contributed by atoms with Crippen LogP contribution in [0.4, 0.5) is 0 Å². The van der Waals surface area contributed by atoms with Crippen LogP contribution in [0, 0.1) is 17.8 Å². The summed E-state index contributed by atoms with van der Waals surface area (Å²) in [5.74, 6) is 2.67. The van der Waals surface area contributed by atoms with Gasteiger partial charge >= 0.3 is 0 Å². The van der Waals surface area contributed by atoms with Gasteiger partial charge in [0.15, 0.2) is 5.78 Å². The van der Waals surface area contributed by atoms with Crippen molar-refractivity contribution in [2.24, 2.45) is 17.8 Å². The van der Waals surface area contributed by atoms with E-state index in [1.807, 2.05) is 12.2 Å². The van der Waals surface area contributed by atoms with Crippen LogP contribution in [0.3, 0.4) is 0 Å². The first-order valence-electron chi connectivity index (χ1n) is 12.3. The topological polar surface area (TPSA) is 34.1 Å². The molecule has 164 valence electrons. The number of Topliss-reactive ketones (excluding diaryl/α,β-unsaturated/α-hetero) is 2. The van der Waals surface area contributed by atoms with Gasteiger partial charge in [0.2, 0.25) is 0 Å². The zero-order valence-electron chi connectivity index (χ0n) is 18.8. The van der Waals surface area contributed by atoms with Gasteiger partial charge in [0, 0.05) is 18.8 Å². The number of ketones is 2. The van der Waals surface area contributed by atoms with Gasteiger partial charge in [0.05, 0.1) is 0 Å². The zero-order chi connectivity index (χ0) is 21.3. The van der Waals surface area contributed by atoms with E-state index in [9.17, 15) is 9.59 Å². The van der Waals surface area contributed by atoms with Crippen LogP contribution in [0.25, 0.3) is 0 Å². The number of hydrogen-bond acceptors (Lipinski definition) is 2. The highest BCUT2D eigenvalue weighted by Crippen LogP contribution is 2.42. The third kappa shape index (κ3) is 6.15. The number of hydrogen-bond donors (Lipinski definition) is 0. The molecule has 4 aliphatic rings. The highest BCUT2D eigenvalue weighted by atomic mass is 16.1. The van der Waals surface area contributed by atoms with Gasteiger partial charge in [0.25, 0.3) is 0 Å². The molecule has 0 bridgehead atoms.